The average Bonchev–Trinajstić information content (AvgIpc) is 2.32. The Morgan fingerprint density at radius 3 is 3.09 bits per heavy atom. The molecule has 1 fully saturated rings. The van der Waals surface area contributed by atoms with E-state index in [4.69, 9.17) is 5.11 Å². The lowest BCUT2D eigenvalue weighted by Gasteiger charge is -2.16. The third-order valence-electron chi connectivity index (χ3n) is 2.90. The Balaban J connectivity index is 2.21. The Bertz CT molecular complexity index is 218. The second-order valence-corrected chi connectivity index (χ2v) is 3.58. The van der Waals surface area contributed by atoms with Crippen molar-refractivity contribution in [3.63, 3.8) is 0 Å². The van der Waals surface area contributed by atoms with Gasteiger partial charge in [-0.3, -0.25) is 0 Å². The molecule has 2 nitrogen and oxygen atoms in total. The average molecular weight is 152 g/mol. The highest BCUT2D eigenvalue weighted by atomic mass is 16.4. The third-order valence-corrected chi connectivity index (χ3v) is 2.90. The van der Waals surface area contributed by atoms with Gasteiger partial charge in [0.1, 0.15) is 0 Å². The SMILES string of the molecule is O=C(O)C1=CCC2CCC1C2. The van der Waals surface area contributed by atoms with Crippen LogP contribution >= 0.6 is 0 Å². The fourth-order valence-electron chi connectivity index (χ4n) is 2.29. The van der Waals surface area contributed by atoms with Crippen molar-refractivity contribution >= 4 is 5.97 Å². The molecule has 0 spiro atoms. The first-order valence-electron chi connectivity index (χ1n) is 4.20. The van der Waals surface area contributed by atoms with Gasteiger partial charge in [-0.25, -0.2) is 4.79 Å². The van der Waals surface area contributed by atoms with E-state index in [0.717, 1.165) is 25.2 Å². The molecule has 1 N–H and O–H groups in total. The second kappa shape index (κ2) is 2.36. The lowest BCUT2D eigenvalue weighted by atomic mass is 9.89. The van der Waals surface area contributed by atoms with Gasteiger partial charge in [-0.05, 0) is 37.5 Å². The topological polar surface area (TPSA) is 37.3 Å². The summed E-state index contributed by atoms with van der Waals surface area (Å²) in [5, 5.41) is 8.79. The van der Waals surface area contributed by atoms with Gasteiger partial charge in [-0.2, -0.15) is 0 Å². The van der Waals surface area contributed by atoms with Crippen LogP contribution in [0.2, 0.25) is 0 Å². The number of aliphatic carboxylic acids is 1. The molecule has 2 rings (SSSR count). The standard InChI is InChI=1S/C9H12O2/c10-9(11)8-4-2-6-1-3-7(8)5-6/h4,6-7H,1-3,5H2,(H,10,11). The van der Waals surface area contributed by atoms with Crippen LogP contribution in [0.25, 0.3) is 0 Å². The van der Waals surface area contributed by atoms with Crippen LogP contribution < -0.4 is 0 Å². The maximum atomic E-state index is 10.7. The zero-order valence-corrected chi connectivity index (χ0v) is 6.42. The van der Waals surface area contributed by atoms with Gasteiger partial charge >= 0.3 is 5.97 Å². The summed E-state index contributed by atoms with van der Waals surface area (Å²) in [7, 11) is 0. The molecule has 0 amide bonds. The van der Waals surface area contributed by atoms with Crippen LogP contribution in [-0.2, 0) is 4.79 Å². The predicted molar refractivity (Wildman–Crippen MR) is 41.2 cm³/mol. The first kappa shape index (κ1) is 6.89. The molecular formula is C9H12O2. The molecule has 0 aromatic heterocycles. The second-order valence-electron chi connectivity index (χ2n) is 3.58. The van der Waals surface area contributed by atoms with Crippen LogP contribution in [0.4, 0.5) is 0 Å². The fourth-order valence-corrected chi connectivity index (χ4v) is 2.29. The largest absolute Gasteiger partial charge is 0.478 e. The third kappa shape index (κ3) is 1.06. The minimum absolute atomic E-state index is 0.381. The van der Waals surface area contributed by atoms with E-state index in [1.807, 2.05) is 6.08 Å². The van der Waals surface area contributed by atoms with E-state index >= 15 is 0 Å². The molecule has 0 aromatic rings. The highest BCUT2D eigenvalue weighted by Crippen LogP contribution is 2.41. The van der Waals surface area contributed by atoms with E-state index in [1.165, 1.54) is 6.42 Å². The van der Waals surface area contributed by atoms with Gasteiger partial charge in [0.2, 0.25) is 0 Å². The molecule has 0 heterocycles. The van der Waals surface area contributed by atoms with Gasteiger partial charge in [0.25, 0.3) is 0 Å². The number of hydrogen-bond acceptors (Lipinski definition) is 1. The monoisotopic (exact) mass is 152 g/mol. The summed E-state index contributed by atoms with van der Waals surface area (Å²) in [5.41, 5.74) is 0.679. The van der Waals surface area contributed by atoms with Gasteiger partial charge in [0.05, 0.1) is 0 Å². The zero-order valence-electron chi connectivity index (χ0n) is 6.42. The smallest absolute Gasteiger partial charge is 0.331 e. The highest BCUT2D eigenvalue weighted by Gasteiger charge is 2.33. The number of carboxylic acids is 1. The number of hydrogen-bond donors (Lipinski definition) is 1. The van der Waals surface area contributed by atoms with E-state index in [0.29, 0.717) is 11.5 Å². The lowest BCUT2D eigenvalue weighted by molar-refractivity contribution is -0.133. The Hall–Kier alpha value is -0.790. The van der Waals surface area contributed by atoms with Crippen LogP contribution in [0.15, 0.2) is 11.6 Å². The lowest BCUT2D eigenvalue weighted by Crippen LogP contribution is -2.13. The van der Waals surface area contributed by atoms with Gasteiger partial charge < -0.3 is 5.11 Å². The van der Waals surface area contributed by atoms with Crippen molar-refractivity contribution in [2.75, 3.05) is 0 Å². The van der Waals surface area contributed by atoms with Crippen molar-refractivity contribution in [2.24, 2.45) is 11.8 Å². The first-order chi connectivity index (χ1) is 5.27. The molecule has 2 unspecified atom stereocenters. The van der Waals surface area contributed by atoms with Crippen molar-refractivity contribution in [1.82, 2.24) is 0 Å². The van der Waals surface area contributed by atoms with E-state index in [9.17, 15) is 4.79 Å². The summed E-state index contributed by atoms with van der Waals surface area (Å²) >= 11 is 0. The molecule has 0 radical (unpaired) electrons. The predicted octanol–water partition coefficient (Wildman–Crippen LogP) is 1.82. The minimum Gasteiger partial charge on any atom is -0.478 e. The molecule has 0 aromatic carbocycles. The van der Waals surface area contributed by atoms with Gasteiger partial charge in [0.15, 0.2) is 0 Å². The first-order valence-corrected chi connectivity index (χ1v) is 4.20. The van der Waals surface area contributed by atoms with Crippen molar-refractivity contribution < 1.29 is 9.90 Å². The molecule has 2 aliphatic carbocycles. The van der Waals surface area contributed by atoms with E-state index in [2.05, 4.69) is 0 Å². The summed E-state index contributed by atoms with van der Waals surface area (Å²) in [5.74, 6) is 0.477. The summed E-state index contributed by atoms with van der Waals surface area (Å²) < 4.78 is 0. The van der Waals surface area contributed by atoms with Crippen molar-refractivity contribution in [3.05, 3.63) is 11.6 Å². The van der Waals surface area contributed by atoms with Gasteiger partial charge in [-0.15, -0.1) is 0 Å². The maximum Gasteiger partial charge on any atom is 0.331 e. The van der Waals surface area contributed by atoms with E-state index in [-0.39, 0.29) is 0 Å². The summed E-state index contributed by atoms with van der Waals surface area (Å²) in [6, 6.07) is 0. The van der Waals surface area contributed by atoms with Crippen LogP contribution in [0.1, 0.15) is 25.7 Å². The highest BCUT2D eigenvalue weighted by molar-refractivity contribution is 5.87. The van der Waals surface area contributed by atoms with Crippen LogP contribution in [0.3, 0.4) is 0 Å². The summed E-state index contributed by atoms with van der Waals surface area (Å²) in [6.07, 6.45) is 6.38. The maximum absolute atomic E-state index is 10.7. The van der Waals surface area contributed by atoms with Gasteiger partial charge in [0, 0.05) is 5.57 Å². The Morgan fingerprint density at radius 2 is 2.36 bits per heavy atom. The molecule has 0 saturated heterocycles. The minimum atomic E-state index is -0.699. The van der Waals surface area contributed by atoms with Gasteiger partial charge in [-0.1, -0.05) is 6.08 Å². The number of carboxylic acid groups (broad SMARTS) is 1. The Morgan fingerprint density at radius 1 is 1.55 bits per heavy atom. The zero-order chi connectivity index (χ0) is 7.84. The molecular weight excluding hydrogens is 140 g/mol. The molecule has 2 bridgehead atoms. The molecule has 2 aliphatic rings. The van der Waals surface area contributed by atoms with Crippen molar-refractivity contribution in [1.29, 1.82) is 0 Å². The van der Waals surface area contributed by atoms with Crippen molar-refractivity contribution in [2.45, 2.75) is 25.7 Å². The number of carbonyl (C=O) groups is 1. The summed E-state index contributed by atoms with van der Waals surface area (Å²) in [6.45, 7) is 0. The van der Waals surface area contributed by atoms with E-state index in [1.54, 1.807) is 0 Å². The molecule has 2 heteroatoms. The van der Waals surface area contributed by atoms with Crippen LogP contribution in [0, 0.1) is 11.8 Å². The molecule has 60 valence electrons. The Kier molecular flexibility index (Phi) is 1.48. The molecule has 0 aliphatic heterocycles. The number of allylic oxidation sites excluding steroid dienone is 1. The Labute approximate surface area is 65.9 Å². The quantitative estimate of drug-likeness (QED) is 0.622. The molecule has 1 saturated carbocycles. The molecule has 2 atom stereocenters. The van der Waals surface area contributed by atoms with E-state index < -0.39 is 5.97 Å². The summed E-state index contributed by atoms with van der Waals surface area (Å²) in [4.78, 5) is 10.7. The van der Waals surface area contributed by atoms with Crippen LogP contribution in [0.5, 0.6) is 0 Å². The normalized spacial score (nSPS) is 35.1. The fraction of sp³-hybridized carbons (Fsp3) is 0.667. The number of rotatable bonds is 1. The van der Waals surface area contributed by atoms with Crippen LogP contribution in [-0.4, -0.2) is 11.1 Å². The molecule has 11 heavy (non-hydrogen) atoms. The van der Waals surface area contributed by atoms with Crippen molar-refractivity contribution in [3.8, 4) is 0 Å². The number of fused-ring (bicyclic) bond motifs is 2.